The van der Waals surface area contributed by atoms with Crippen molar-refractivity contribution in [1.82, 2.24) is 14.8 Å². The summed E-state index contributed by atoms with van der Waals surface area (Å²) in [5, 5.41) is 12.8. The van der Waals surface area contributed by atoms with Gasteiger partial charge in [-0.25, -0.2) is 4.79 Å². The van der Waals surface area contributed by atoms with Crippen molar-refractivity contribution in [3.63, 3.8) is 0 Å². The summed E-state index contributed by atoms with van der Waals surface area (Å²) in [6.45, 7) is 0. The molecule has 2 aromatic heterocycles. The predicted octanol–water partition coefficient (Wildman–Crippen LogP) is 4.45. The first kappa shape index (κ1) is 23.5. The lowest BCUT2D eigenvalue weighted by atomic mass is 10.1. The van der Waals surface area contributed by atoms with Crippen molar-refractivity contribution in [1.29, 1.82) is 0 Å². The molecule has 1 aliphatic carbocycles. The first-order chi connectivity index (χ1) is 16.1. The molecule has 2 heterocycles. The molecule has 1 amide bonds. The van der Waals surface area contributed by atoms with Gasteiger partial charge >= 0.3 is 5.97 Å². The number of nitrogens with one attached hydrogen (secondary N) is 1. The van der Waals surface area contributed by atoms with Crippen LogP contribution in [0.25, 0.3) is 0 Å². The number of carbonyl (C=O) groups is 2. The lowest BCUT2D eigenvalue weighted by molar-refractivity contribution is -0.113. The smallest absolute Gasteiger partial charge is 0.341 e. The second-order valence-electron chi connectivity index (χ2n) is 8.04. The van der Waals surface area contributed by atoms with E-state index in [9.17, 15) is 9.59 Å². The summed E-state index contributed by atoms with van der Waals surface area (Å²) in [6.07, 6.45) is 6.78. The maximum Gasteiger partial charge on any atom is 0.341 e. The molecule has 1 aliphatic rings. The molecule has 174 valence electrons. The third-order valence-corrected chi connectivity index (χ3v) is 8.03. The van der Waals surface area contributed by atoms with Gasteiger partial charge in [0.25, 0.3) is 0 Å². The number of rotatable bonds is 8. The normalized spacial score (nSPS) is 13.3. The number of amides is 1. The second kappa shape index (κ2) is 11.0. The fourth-order valence-electron chi connectivity index (χ4n) is 4.03. The van der Waals surface area contributed by atoms with Gasteiger partial charge < -0.3 is 14.6 Å². The predicted molar refractivity (Wildman–Crippen MR) is 131 cm³/mol. The number of anilines is 1. The van der Waals surface area contributed by atoms with Crippen LogP contribution in [-0.4, -0.2) is 39.5 Å². The first-order valence-electron chi connectivity index (χ1n) is 11.1. The van der Waals surface area contributed by atoms with Crippen molar-refractivity contribution in [3.05, 3.63) is 57.7 Å². The molecule has 0 atom stereocenters. The highest BCUT2D eigenvalue weighted by molar-refractivity contribution is 7.99. The zero-order valence-electron chi connectivity index (χ0n) is 18.9. The van der Waals surface area contributed by atoms with E-state index >= 15 is 0 Å². The van der Waals surface area contributed by atoms with E-state index < -0.39 is 0 Å². The summed E-state index contributed by atoms with van der Waals surface area (Å²) in [5.41, 5.74) is 2.83. The number of benzene rings is 1. The molecule has 0 spiro atoms. The Morgan fingerprint density at radius 3 is 2.70 bits per heavy atom. The minimum atomic E-state index is -0.381. The summed E-state index contributed by atoms with van der Waals surface area (Å²) in [6, 6.07) is 10.3. The highest BCUT2D eigenvalue weighted by Crippen LogP contribution is 2.38. The van der Waals surface area contributed by atoms with E-state index in [1.165, 1.54) is 40.6 Å². The molecule has 0 unspecified atom stereocenters. The van der Waals surface area contributed by atoms with Crippen molar-refractivity contribution in [3.8, 4) is 0 Å². The van der Waals surface area contributed by atoms with Crippen molar-refractivity contribution in [2.24, 2.45) is 7.05 Å². The molecule has 9 heteroatoms. The van der Waals surface area contributed by atoms with Crippen LogP contribution in [0.2, 0.25) is 0 Å². The van der Waals surface area contributed by atoms with Gasteiger partial charge in [-0.05, 0) is 43.2 Å². The molecule has 0 aliphatic heterocycles. The molecular weight excluding hydrogens is 456 g/mol. The average molecular weight is 485 g/mol. The number of thiophene rings is 1. The number of aromatic nitrogens is 3. The highest BCUT2D eigenvalue weighted by atomic mass is 32.2. The molecule has 1 aromatic carbocycles. The van der Waals surface area contributed by atoms with Crippen molar-refractivity contribution >= 4 is 40.0 Å². The van der Waals surface area contributed by atoms with Gasteiger partial charge in [0.2, 0.25) is 5.91 Å². The van der Waals surface area contributed by atoms with Gasteiger partial charge in [0.05, 0.1) is 18.4 Å². The number of hydrogen-bond donors (Lipinski definition) is 1. The lowest BCUT2D eigenvalue weighted by Gasteiger charge is -2.07. The van der Waals surface area contributed by atoms with Crippen LogP contribution in [-0.2, 0) is 42.3 Å². The molecule has 4 rings (SSSR count). The molecule has 0 saturated carbocycles. The summed E-state index contributed by atoms with van der Waals surface area (Å²) in [4.78, 5) is 26.4. The Balaban J connectivity index is 1.38. The lowest BCUT2D eigenvalue weighted by Crippen LogP contribution is -2.16. The van der Waals surface area contributed by atoms with E-state index in [0.29, 0.717) is 15.7 Å². The number of thioether (sulfide) groups is 1. The third-order valence-electron chi connectivity index (χ3n) is 5.80. The van der Waals surface area contributed by atoms with Crippen LogP contribution in [0.5, 0.6) is 0 Å². The molecule has 7 nitrogen and oxygen atoms in total. The third kappa shape index (κ3) is 5.65. The Bertz CT molecular complexity index is 1120. The summed E-state index contributed by atoms with van der Waals surface area (Å²) < 4.78 is 6.95. The van der Waals surface area contributed by atoms with Crippen LogP contribution >= 0.6 is 23.1 Å². The van der Waals surface area contributed by atoms with E-state index in [4.69, 9.17) is 4.74 Å². The number of nitrogens with zero attached hydrogens (tertiary/aromatic N) is 3. The van der Waals surface area contributed by atoms with Crippen LogP contribution in [0.3, 0.4) is 0 Å². The van der Waals surface area contributed by atoms with Gasteiger partial charge in [-0.3, -0.25) is 4.79 Å². The van der Waals surface area contributed by atoms with Crippen molar-refractivity contribution in [2.45, 2.75) is 50.1 Å². The fraction of sp³-hybridized carbons (Fsp3) is 0.417. The Kier molecular flexibility index (Phi) is 7.82. The average Bonchev–Trinajstić information content (AvgIpc) is 3.26. The van der Waals surface area contributed by atoms with E-state index in [1.54, 1.807) is 0 Å². The molecule has 3 aromatic rings. The monoisotopic (exact) mass is 484 g/mol. The standard InChI is InChI=1S/C24H28N4O3S2/c1-28-19(14-13-16-9-5-3-6-10-16)26-27-24(28)32-15-20(29)25-22-21(23(30)31-2)17-11-7-4-8-12-18(17)33-22/h3,5-6,9-10H,4,7-8,11-15H2,1-2H3,(H,25,29). The summed E-state index contributed by atoms with van der Waals surface area (Å²) in [7, 11) is 3.31. The van der Waals surface area contributed by atoms with E-state index in [1.807, 2.05) is 29.8 Å². The zero-order valence-corrected chi connectivity index (χ0v) is 20.6. The first-order valence-corrected chi connectivity index (χ1v) is 12.9. The van der Waals surface area contributed by atoms with Gasteiger partial charge in [-0.2, -0.15) is 0 Å². The van der Waals surface area contributed by atoms with E-state index in [-0.39, 0.29) is 17.6 Å². The van der Waals surface area contributed by atoms with Crippen LogP contribution in [0, 0.1) is 0 Å². The quantitative estimate of drug-likeness (QED) is 0.289. The molecular formula is C24H28N4O3S2. The van der Waals surface area contributed by atoms with Crippen molar-refractivity contribution in [2.75, 3.05) is 18.2 Å². The Hall–Kier alpha value is -2.65. The molecule has 33 heavy (non-hydrogen) atoms. The minimum Gasteiger partial charge on any atom is -0.465 e. The maximum absolute atomic E-state index is 12.7. The molecule has 0 saturated heterocycles. The summed E-state index contributed by atoms with van der Waals surface area (Å²) >= 11 is 2.85. The van der Waals surface area contributed by atoms with Gasteiger partial charge in [-0.1, -0.05) is 48.5 Å². The molecule has 0 bridgehead atoms. The second-order valence-corrected chi connectivity index (χ2v) is 10.1. The van der Waals surface area contributed by atoms with Gasteiger partial charge in [0, 0.05) is 18.3 Å². The van der Waals surface area contributed by atoms with Crippen LogP contribution in [0.4, 0.5) is 5.00 Å². The molecule has 1 N–H and O–H groups in total. The van der Waals surface area contributed by atoms with Crippen LogP contribution < -0.4 is 5.32 Å². The summed E-state index contributed by atoms with van der Waals surface area (Å²) in [5.74, 6) is 0.522. The highest BCUT2D eigenvalue weighted by Gasteiger charge is 2.26. The van der Waals surface area contributed by atoms with Crippen molar-refractivity contribution < 1.29 is 14.3 Å². The van der Waals surface area contributed by atoms with E-state index in [0.717, 1.165) is 56.3 Å². The van der Waals surface area contributed by atoms with Gasteiger partial charge in [0.15, 0.2) is 5.16 Å². The van der Waals surface area contributed by atoms with Crippen LogP contribution in [0.1, 0.15) is 51.4 Å². The molecule has 0 radical (unpaired) electrons. The number of ether oxygens (including phenoxy) is 1. The number of hydrogen-bond acceptors (Lipinski definition) is 7. The fourth-order valence-corrected chi connectivity index (χ4v) is 6.05. The Morgan fingerprint density at radius 2 is 1.91 bits per heavy atom. The van der Waals surface area contributed by atoms with Gasteiger partial charge in [-0.15, -0.1) is 21.5 Å². The zero-order chi connectivity index (χ0) is 23.2. The topological polar surface area (TPSA) is 86.1 Å². The number of methoxy groups -OCH3 is 1. The SMILES string of the molecule is COC(=O)c1c(NC(=O)CSc2nnc(CCc3ccccc3)n2C)sc2c1CCCCC2. The number of fused-ring (bicyclic) bond motifs is 1. The largest absolute Gasteiger partial charge is 0.465 e. The van der Waals surface area contributed by atoms with Crippen LogP contribution in [0.15, 0.2) is 35.5 Å². The maximum atomic E-state index is 12.7. The number of esters is 1. The molecule has 0 fully saturated rings. The Labute approximate surface area is 201 Å². The Morgan fingerprint density at radius 1 is 1.12 bits per heavy atom. The number of carbonyl (C=O) groups excluding carboxylic acids is 2. The van der Waals surface area contributed by atoms with Gasteiger partial charge in [0.1, 0.15) is 10.8 Å². The minimum absolute atomic E-state index is 0.171. The van der Waals surface area contributed by atoms with E-state index in [2.05, 4.69) is 27.6 Å². The number of aryl methyl sites for hydroxylation is 3.